The van der Waals surface area contributed by atoms with E-state index >= 15 is 0 Å². The molecule has 166 valence electrons. The third kappa shape index (κ3) is 7.32. The highest BCUT2D eigenvalue weighted by Gasteiger charge is 2.17. The lowest BCUT2D eigenvalue weighted by Gasteiger charge is -2.23. The molecule has 1 saturated heterocycles. The van der Waals surface area contributed by atoms with Crippen molar-refractivity contribution in [3.05, 3.63) is 47.9 Å². The van der Waals surface area contributed by atoms with Crippen LogP contribution in [0.1, 0.15) is 17.7 Å². The first kappa shape index (κ1) is 22.6. The van der Waals surface area contributed by atoms with Crippen molar-refractivity contribution in [2.45, 2.75) is 25.5 Å². The van der Waals surface area contributed by atoms with Crippen molar-refractivity contribution in [3.63, 3.8) is 0 Å². The number of aliphatic hydroxyl groups is 1. The van der Waals surface area contributed by atoms with E-state index in [-0.39, 0.29) is 6.61 Å². The van der Waals surface area contributed by atoms with Crippen LogP contribution in [0.15, 0.2) is 41.0 Å². The van der Waals surface area contributed by atoms with E-state index in [9.17, 15) is 5.11 Å². The van der Waals surface area contributed by atoms with E-state index in [1.165, 1.54) is 0 Å². The minimum absolute atomic E-state index is 0.248. The van der Waals surface area contributed by atoms with Crippen molar-refractivity contribution < 1.29 is 19.0 Å². The maximum absolute atomic E-state index is 10.5. The summed E-state index contributed by atoms with van der Waals surface area (Å²) in [5, 5.41) is 13.9. The molecule has 0 amide bonds. The van der Waals surface area contributed by atoms with E-state index < -0.39 is 6.10 Å². The molecule has 1 aliphatic rings. The molecule has 0 radical (unpaired) electrons. The van der Waals surface area contributed by atoms with Crippen LogP contribution in [0.5, 0.6) is 11.5 Å². The lowest BCUT2D eigenvalue weighted by molar-refractivity contribution is 0.0685. The predicted molar refractivity (Wildman–Crippen MR) is 117 cm³/mol. The molecule has 3 rings (SSSR count). The molecule has 1 aromatic carbocycles. The number of likely N-dealkylation sites (N-methyl/N-ethyl adjacent to an activating group) is 1. The number of methoxy groups -OCH3 is 1. The molecule has 1 atom stereocenters. The summed E-state index contributed by atoms with van der Waals surface area (Å²) in [6.45, 7) is 6.59. The summed E-state index contributed by atoms with van der Waals surface area (Å²) in [5.41, 5.74) is 1.11. The Hall–Kier alpha value is -2.06. The largest absolute Gasteiger partial charge is 0.493 e. The molecule has 7 nitrogen and oxygen atoms in total. The van der Waals surface area contributed by atoms with Crippen LogP contribution in [0.4, 0.5) is 0 Å². The Morgan fingerprint density at radius 3 is 2.87 bits per heavy atom. The Kier molecular flexibility index (Phi) is 9.01. The number of nitrogens with zero attached hydrogens (tertiary/aromatic N) is 2. The lowest BCUT2D eigenvalue weighted by Crippen LogP contribution is -2.37. The van der Waals surface area contributed by atoms with Crippen LogP contribution in [0, 0.1) is 0 Å². The summed E-state index contributed by atoms with van der Waals surface area (Å²) in [6, 6.07) is 9.80. The second kappa shape index (κ2) is 12.0. The third-order valence-corrected chi connectivity index (χ3v) is 5.40. The summed E-state index contributed by atoms with van der Waals surface area (Å²) in [6.07, 6.45) is 3.15. The van der Waals surface area contributed by atoms with Gasteiger partial charge in [-0.3, -0.25) is 4.90 Å². The van der Waals surface area contributed by atoms with Gasteiger partial charge in [-0.25, -0.2) is 0 Å². The Morgan fingerprint density at radius 2 is 2.07 bits per heavy atom. The van der Waals surface area contributed by atoms with Crippen molar-refractivity contribution in [2.24, 2.45) is 0 Å². The molecule has 0 bridgehead atoms. The number of rotatable bonds is 11. The van der Waals surface area contributed by atoms with Gasteiger partial charge in [-0.1, -0.05) is 6.07 Å². The fourth-order valence-corrected chi connectivity index (χ4v) is 3.66. The highest BCUT2D eigenvalue weighted by molar-refractivity contribution is 5.43. The van der Waals surface area contributed by atoms with Gasteiger partial charge in [0.2, 0.25) is 0 Å². The molecule has 0 saturated carbocycles. The van der Waals surface area contributed by atoms with E-state index in [2.05, 4.69) is 22.2 Å². The average Bonchev–Trinajstić information content (AvgIpc) is 3.19. The minimum atomic E-state index is -0.534. The van der Waals surface area contributed by atoms with Gasteiger partial charge in [0, 0.05) is 39.1 Å². The third-order valence-electron chi connectivity index (χ3n) is 5.40. The molecule has 2 heterocycles. The van der Waals surface area contributed by atoms with E-state index in [0.29, 0.717) is 18.0 Å². The van der Waals surface area contributed by atoms with Gasteiger partial charge in [0.1, 0.15) is 18.5 Å². The second-order valence-electron chi connectivity index (χ2n) is 7.91. The zero-order valence-corrected chi connectivity index (χ0v) is 18.2. The molecular formula is C23H35N3O4. The molecule has 30 heavy (non-hydrogen) atoms. The smallest absolute Gasteiger partial charge is 0.161 e. The van der Waals surface area contributed by atoms with E-state index in [1.807, 2.05) is 30.3 Å². The first-order valence-electron chi connectivity index (χ1n) is 10.8. The van der Waals surface area contributed by atoms with Gasteiger partial charge < -0.3 is 29.2 Å². The molecule has 1 aliphatic heterocycles. The number of β-amino-alcohol motifs (C(OH)–C–C–N with tert-alkyl or cyclic N) is 1. The van der Waals surface area contributed by atoms with Gasteiger partial charge in [0.25, 0.3) is 0 Å². The second-order valence-corrected chi connectivity index (χ2v) is 7.91. The Labute approximate surface area is 179 Å². The van der Waals surface area contributed by atoms with Gasteiger partial charge in [0.15, 0.2) is 11.5 Å². The number of furan rings is 1. The quantitative estimate of drug-likeness (QED) is 0.542. The van der Waals surface area contributed by atoms with Crippen molar-refractivity contribution in [2.75, 3.05) is 60.0 Å². The molecule has 0 spiro atoms. The maximum Gasteiger partial charge on any atom is 0.161 e. The fourth-order valence-electron chi connectivity index (χ4n) is 3.66. The zero-order valence-electron chi connectivity index (χ0n) is 18.2. The number of benzene rings is 1. The summed E-state index contributed by atoms with van der Waals surface area (Å²) in [7, 11) is 3.78. The van der Waals surface area contributed by atoms with Crippen LogP contribution >= 0.6 is 0 Å². The summed E-state index contributed by atoms with van der Waals surface area (Å²) < 4.78 is 16.7. The first-order valence-corrected chi connectivity index (χ1v) is 10.8. The molecule has 1 aromatic heterocycles. The first-order chi connectivity index (χ1) is 14.6. The summed E-state index contributed by atoms with van der Waals surface area (Å²) in [5.74, 6) is 2.32. The Morgan fingerprint density at radius 1 is 1.17 bits per heavy atom. The number of ether oxygens (including phenoxy) is 2. The van der Waals surface area contributed by atoms with Crippen LogP contribution in [-0.4, -0.2) is 81.0 Å². The molecule has 2 aromatic rings. The standard InChI is InChI=1S/C23H35N3O4/c1-25-10-4-11-26(13-12-25)17-20(27)18-30-23-15-19(6-7-22(23)28-2)16-24-9-8-21-5-3-14-29-21/h3,5-7,14-15,20,24,27H,4,8-13,16-18H2,1-2H3. The van der Waals surface area contributed by atoms with Crippen molar-refractivity contribution in [1.82, 2.24) is 15.1 Å². The SMILES string of the molecule is COc1ccc(CNCCc2ccco2)cc1OCC(O)CN1CCCN(C)CC1. The summed E-state index contributed by atoms with van der Waals surface area (Å²) >= 11 is 0. The van der Waals surface area contributed by atoms with Gasteiger partial charge >= 0.3 is 0 Å². The Balaban J connectivity index is 1.45. The monoisotopic (exact) mass is 417 g/mol. The number of aliphatic hydroxyl groups excluding tert-OH is 1. The van der Waals surface area contributed by atoms with Gasteiger partial charge in [0.05, 0.1) is 13.4 Å². The topological polar surface area (TPSA) is 70.3 Å². The van der Waals surface area contributed by atoms with E-state index in [4.69, 9.17) is 13.9 Å². The van der Waals surface area contributed by atoms with Crippen molar-refractivity contribution in [1.29, 1.82) is 0 Å². The van der Waals surface area contributed by atoms with Crippen LogP contribution in [0.2, 0.25) is 0 Å². The fraction of sp³-hybridized carbons (Fsp3) is 0.565. The number of hydrogen-bond donors (Lipinski definition) is 2. The van der Waals surface area contributed by atoms with Gasteiger partial charge in [-0.05, 0) is 56.4 Å². The summed E-state index contributed by atoms with van der Waals surface area (Å²) in [4.78, 5) is 4.65. The highest BCUT2D eigenvalue weighted by Crippen LogP contribution is 2.28. The lowest BCUT2D eigenvalue weighted by atomic mass is 10.2. The normalized spacial score (nSPS) is 16.9. The number of hydrogen-bond acceptors (Lipinski definition) is 7. The minimum Gasteiger partial charge on any atom is -0.493 e. The molecule has 0 aliphatic carbocycles. The Bertz CT molecular complexity index is 738. The average molecular weight is 418 g/mol. The van der Waals surface area contributed by atoms with Gasteiger partial charge in [-0.2, -0.15) is 0 Å². The molecular weight excluding hydrogens is 382 g/mol. The molecule has 2 N–H and O–H groups in total. The van der Waals surface area contributed by atoms with Crippen LogP contribution in [-0.2, 0) is 13.0 Å². The van der Waals surface area contributed by atoms with E-state index in [0.717, 1.165) is 63.4 Å². The molecule has 7 heteroatoms. The van der Waals surface area contributed by atoms with Gasteiger partial charge in [-0.15, -0.1) is 0 Å². The maximum atomic E-state index is 10.5. The predicted octanol–water partition coefficient (Wildman–Crippen LogP) is 2.00. The number of nitrogens with one attached hydrogen (secondary N) is 1. The van der Waals surface area contributed by atoms with Crippen molar-refractivity contribution >= 4 is 0 Å². The van der Waals surface area contributed by atoms with E-state index in [1.54, 1.807) is 13.4 Å². The van der Waals surface area contributed by atoms with Crippen molar-refractivity contribution in [3.8, 4) is 11.5 Å². The van der Waals surface area contributed by atoms with Crippen LogP contribution in [0.3, 0.4) is 0 Å². The zero-order chi connectivity index (χ0) is 21.2. The molecule has 1 unspecified atom stereocenters. The van der Waals surface area contributed by atoms with Crippen LogP contribution < -0.4 is 14.8 Å². The highest BCUT2D eigenvalue weighted by atomic mass is 16.5. The van der Waals surface area contributed by atoms with Crippen LogP contribution in [0.25, 0.3) is 0 Å². The molecule has 1 fully saturated rings.